The van der Waals surface area contributed by atoms with Crippen LogP contribution in [0, 0.1) is 5.92 Å². The number of pyridine rings is 1. The fourth-order valence-electron chi connectivity index (χ4n) is 4.45. The summed E-state index contributed by atoms with van der Waals surface area (Å²) in [5.41, 5.74) is 1.22. The van der Waals surface area contributed by atoms with Gasteiger partial charge in [-0.25, -0.2) is 19.6 Å². The van der Waals surface area contributed by atoms with Gasteiger partial charge in [-0.15, -0.1) is 0 Å². The number of piperazine rings is 1. The molecule has 2 fully saturated rings. The Hall–Kier alpha value is -3.40. The van der Waals surface area contributed by atoms with E-state index in [0.29, 0.717) is 11.7 Å². The number of hydrogen-bond acceptors (Lipinski definition) is 8. The molecule has 0 aliphatic carbocycles. The molecule has 2 aliphatic heterocycles. The summed E-state index contributed by atoms with van der Waals surface area (Å²) in [4.78, 5) is 36.6. The molecule has 0 radical (unpaired) electrons. The molecular formula is C22H27N9O. The number of anilines is 1. The smallest absolute Gasteiger partial charge is 0.225 e. The van der Waals surface area contributed by atoms with Crippen LogP contribution in [0.4, 0.5) is 5.82 Å². The lowest BCUT2D eigenvalue weighted by atomic mass is 9.95. The Morgan fingerprint density at radius 3 is 2.50 bits per heavy atom. The first kappa shape index (κ1) is 20.5. The van der Waals surface area contributed by atoms with Crippen LogP contribution in [-0.2, 0) is 11.3 Å². The predicted octanol–water partition coefficient (Wildman–Crippen LogP) is 1.01. The lowest BCUT2D eigenvalue weighted by molar-refractivity contribution is -0.138. The van der Waals surface area contributed by atoms with Gasteiger partial charge in [0, 0.05) is 70.2 Å². The van der Waals surface area contributed by atoms with Gasteiger partial charge in [0.25, 0.3) is 0 Å². The van der Waals surface area contributed by atoms with Gasteiger partial charge in [0.1, 0.15) is 24.8 Å². The highest BCUT2D eigenvalue weighted by molar-refractivity contribution is 5.79. The number of rotatable bonds is 5. The third kappa shape index (κ3) is 4.59. The topological polar surface area (TPSA) is 96.2 Å². The summed E-state index contributed by atoms with van der Waals surface area (Å²) >= 11 is 0. The lowest BCUT2D eigenvalue weighted by Crippen LogP contribution is -2.51. The van der Waals surface area contributed by atoms with Crippen molar-refractivity contribution in [2.45, 2.75) is 19.4 Å². The lowest BCUT2D eigenvalue weighted by Gasteiger charge is -2.38. The SMILES string of the molecule is O=C(C1CCN(c2cc(-n3cncn3)ncn2)CC1)N1CCN(Cc2cccnc2)CC1. The van der Waals surface area contributed by atoms with Gasteiger partial charge in [0.15, 0.2) is 5.82 Å². The molecule has 3 aromatic heterocycles. The van der Waals surface area contributed by atoms with Gasteiger partial charge in [0.2, 0.25) is 5.91 Å². The zero-order valence-corrected chi connectivity index (χ0v) is 18.0. The second-order valence-electron chi connectivity index (χ2n) is 8.30. The molecule has 166 valence electrons. The zero-order chi connectivity index (χ0) is 21.8. The van der Waals surface area contributed by atoms with Gasteiger partial charge < -0.3 is 9.80 Å². The summed E-state index contributed by atoms with van der Waals surface area (Å²) < 4.78 is 1.62. The number of carbonyl (C=O) groups is 1. The minimum Gasteiger partial charge on any atom is -0.356 e. The van der Waals surface area contributed by atoms with E-state index >= 15 is 0 Å². The number of carbonyl (C=O) groups excluding carboxylic acids is 1. The van der Waals surface area contributed by atoms with Crippen molar-refractivity contribution >= 4 is 11.7 Å². The van der Waals surface area contributed by atoms with Crippen molar-refractivity contribution in [1.82, 2.24) is 39.5 Å². The monoisotopic (exact) mass is 433 g/mol. The minimum atomic E-state index is 0.0905. The van der Waals surface area contributed by atoms with Crippen LogP contribution >= 0.6 is 0 Å². The van der Waals surface area contributed by atoms with Gasteiger partial charge in [-0.3, -0.25) is 14.7 Å². The van der Waals surface area contributed by atoms with Crippen molar-refractivity contribution < 1.29 is 4.79 Å². The first-order valence-corrected chi connectivity index (χ1v) is 11.1. The predicted molar refractivity (Wildman–Crippen MR) is 118 cm³/mol. The van der Waals surface area contributed by atoms with E-state index in [0.717, 1.165) is 64.5 Å². The molecule has 5 rings (SSSR count). The molecule has 2 saturated heterocycles. The fourth-order valence-corrected chi connectivity index (χ4v) is 4.45. The Morgan fingerprint density at radius 1 is 0.969 bits per heavy atom. The third-order valence-electron chi connectivity index (χ3n) is 6.27. The van der Waals surface area contributed by atoms with Gasteiger partial charge in [-0.2, -0.15) is 5.10 Å². The van der Waals surface area contributed by atoms with Crippen molar-refractivity contribution in [3.63, 3.8) is 0 Å². The average Bonchev–Trinajstić information content (AvgIpc) is 3.40. The maximum absolute atomic E-state index is 13.1. The maximum Gasteiger partial charge on any atom is 0.225 e. The van der Waals surface area contributed by atoms with Crippen LogP contribution in [0.1, 0.15) is 18.4 Å². The summed E-state index contributed by atoms with van der Waals surface area (Å²) in [6.07, 6.45) is 10.1. The summed E-state index contributed by atoms with van der Waals surface area (Å²) in [5, 5.41) is 4.13. The molecule has 0 spiro atoms. The van der Waals surface area contributed by atoms with E-state index in [1.165, 1.54) is 11.9 Å². The standard InChI is InChI=1S/C22H27N9O/c32-22(30-10-8-28(9-11-30)14-18-2-1-5-23-13-18)19-3-6-29(7-4-19)20-12-21(26-16-25-20)31-17-24-15-27-31/h1-2,5,12-13,15-17,19H,3-4,6-11,14H2. The highest BCUT2D eigenvalue weighted by Gasteiger charge is 2.31. The Kier molecular flexibility index (Phi) is 6.02. The van der Waals surface area contributed by atoms with E-state index in [-0.39, 0.29) is 5.92 Å². The Balaban J connectivity index is 1.12. The van der Waals surface area contributed by atoms with E-state index in [1.54, 1.807) is 23.5 Å². The molecule has 5 heterocycles. The first-order valence-electron chi connectivity index (χ1n) is 11.1. The number of piperidine rings is 1. The van der Waals surface area contributed by atoms with Crippen LogP contribution in [0.3, 0.4) is 0 Å². The zero-order valence-electron chi connectivity index (χ0n) is 18.0. The maximum atomic E-state index is 13.1. The summed E-state index contributed by atoms with van der Waals surface area (Å²) in [6, 6.07) is 5.99. The Bertz CT molecular complexity index is 1010. The highest BCUT2D eigenvalue weighted by atomic mass is 16.2. The van der Waals surface area contributed by atoms with Gasteiger partial charge in [-0.1, -0.05) is 6.07 Å². The van der Waals surface area contributed by atoms with Gasteiger partial charge in [-0.05, 0) is 24.5 Å². The molecule has 0 bridgehead atoms. The molecule has 2 aliphatic rings. The fraction of sp³-hybridized carbons (Fsp3) is 0.455. The van der Waals surface area contributed by atoms with Crippen LogP contribution in [0.15, 0.2) is 49.6 Å². The van der Waals surface area contributed by atoms with Crippen molar-refractivity contribution in [2.75, 3.05) is 44.2 Å². The largest absolute Gasteiger partial charge is 0.356 e. The number of aromatic nitrogens is 6. The van der Waals surface area contributed by atoms with E-state index in [9.17, 15) is 4.79 Å². The van der Waals surface area contributed by atoms with Crippen molar-refractivity contribution in [3.8, 4) is 5.82 Å². The third-order valence-corrected chi connectivity index (χ3v) is 6.27. The van der Waals surface area contributed by atoms with E-state index in [4.69, 9.17) is 0 Å². The molecule has 0 unspecified atom stereocenters. The number of hydrogen-bond donors (Lipinski definition) is 0. The summed E-state index contributed by atoms with van der Waals surface area (Å²) in [6.45, 7) is 5.93. The van der Waals surface area contributed by atoms with Crippen LogP contribution < -0.4 is 4.90 Å². The molecule has 32 heavy (non-hydrogen) atoms. The molecule has 0 atom stereocenters. The molecule has 10 heteroatoms. The Labute approximate surface area is 186 Å². The van der Waals surface area contributed by atoms with E-state index in [2.05, 4.69) is 40.9 Å². The van der Waals surface area contributed by atoms with Crippen LogP contribution in [0.5, 0.6) is 0 Å². The van der Waals surface area contributed by atoms with Crippen LogP contribution in [0.2, 0.25) is 0 Å². The van der Waals surface area contributed by atoms with Gasteiger partial charge >= 0.3 is 0 Å². The average molecular weight is 434 g/mol. The van der Waals surface area contributed by atoms with Crippen molar-refractivity contribution in [3.05, 3.63) is 55.1 Å². The number of amides is 1. The molecule has 0 N–H and O–H groups in total. The van der Waals surface area contributed by atoms with Crippen LogP contribution in [-0.4, -0.2) is 84.7 Å². The first-order chi connectivity index (χ1) is 15.8. The molecule has 10 nitrogen and oxygen atoms in total. The summed E-state index contributed by atoms with van der Waals surface area (Å²) in [5.74, 6) is 1.94. The molecular weight excluding hydrogens is 406 g/mol. The van der Waals surface area contributed by atoms with Crippen LogP contribution in [0.25, 0.3) is 5.82 Å². The second kappa shape index (κ2) is 9.39. The molecule has 3 aromatic rings. The van der Waals surface area contributed by atoms with E-state index in [1.807, 2.05) is 23.2 Å². The minimum absolute atomic E-state index is 0.0905. The van der Waals surface area contributed by atoms with Crippen molar-refractivity contribution in [1.29, 1.82) is 0 Å². The van der Waals surface area contributed by atoms with Crippen molar-refractivity contribution in [2.24, 2.45) is 5.92 Å². The highest BCUT2D eigenvalue weighted by Crippen LogP contribution is 2.24. The number of nitrogens with zero attached hydrogens (tertiary/aromatic N) is 9. The van der Waals surface area contributed by atoms with E-state index < -0.39 is 0 Å². The summed E-state index contributed by atoms with van der Waals surface area (Å²) in [7, 11) is 0. The normalized spacial score (nSPS) is 18.1. The Morgan fingerprint density at radius 2 is 1.78 bits per heavy atom. The molecule has 0 saturated carbocycles. The quantitative estimate of drug-likeness (QED) is 0.588. The molecule has 1 amide bonds. The van der Waals surface area contributed by atoms with Gasteiger partial charge in [0.05, 0.1) is 0 Å². The second-order valence-corrected chi connectivity index (χ2v) is 8.30. The molecule has 0 aromatic carbocycles.